The third-order valence-corrected chi connectivity index (χ3v) is 3.31. The van der Waals surface area contributed by atoms with E-state index < -0.39 is 11.0 Å². The van der Waals surface area contributed by atoms with Crippen molar-refractivity contribution >= 4 is 23.0 Å². The number of nitrogen functional groups attached to an aromatic ring is 1. The van der Waals surface area contributed by atoms with Crippen molar-refractivity contribution in [1.29, 1.82) is 0 Å². The van der Waals surface area contributed by atoms with Crippen LogP contribution >= 0.6 is 0 Å². The van der Waals surface area contributed by atoms with Crippen LogP contribution < -0.4 is 11.1 Å². The lowest BCUT2D eigenvalue weighted by Crippen LogP contribution is -2.47. The van der Waals surface area contributed by atoms with E-state index in [9.17, 15) is 14.9 Å². The number of rotatable bonds is 4. The summed E-state index contributed by atoms with van der Waals surface area (Å²) in [6.07, 6.45) is 0. The summed E-state index contributed by atoms with van der Waals surface area (Å²) in [6.45, 7) is 3.76. The predicted molar refractivity (Wildman–Crippen MR) is 78.0 cm³/mol. The fourth-order valence-corrected chi connectivity index (χ4v) is 2.23. The van der Waals surface area contributed by atoms with E-state index in [4.69, 9.17) is 10.5 Å². The number of anilines is 2. The summed E-state index contributed by atoms with van der Waals surface area (Å²) in [5.74, 6) is -0.116. The van der Waals surface area contributed by atoms with E-state index in [0.717, 1.165) is 0 Å². The lowest BCUT2D eigenvalue weighted by molar-refractivity contribution is -0.383. The van der Waals surface area contributed by atoms with Gasteiger partial charge in [0.15, 0.2) is 0 Å². The van der Waals surface area contributed by atoms with Crippen LogP contribution in [0, 0.1) is 10.1 Å². The number of hydrogen-bond acceptors (Lipinski definition) is 6. The van der Waals surface area contributed by atoms with Crippen LogP contribution in [0.2, 0.25) is 0 Å². The molecule has 0 radical (unpaired) electrons. The van der Waals surface area contributed by atoms with Crippen molar-refractivity contribution in [3.05, 3.63) is 28.3 Å². The Morgan fingerprint density at radius 3 is 2.76 bits per heavy atom. The highest BCUT2D eigenvalue weighted by Crippen LogP contribution is 2.31. The maximum absolute atomic E-state index is 12.3. The molecular weight excluding hydrogens is 276 g/mol. The first-order valence-electron chi connectivity index (χ1n) is 6.66. The van der Waals surface area contributed by atoms with Crippen LogP contribution in [-0.4, -0.2) is 48.1 Å². The second-order valence-corrected chi connectivity index (χ2v) is 4.80. The summed E-state index contributed by atoms with van der Waals surface area (Å²) in [7, 11) is 0. The molecule has 0 aliphatic carbocycles. The molecule has 0 spiro atoms. The first-order chi connectivity index (χ1) is 10.0. The zero-order valence-electron chi connectivity index (χ0n) is 11.7. The molecule has 1 aromatic carbocycles. The van der Waals surface area contributed by atoms with Gasteiger partial charge >= 0.3 is 5.69 Å². The van der Waals surface area contributed by atoms with Gasteiger partial charge in [-0.3, -0.25) is 14.9 Å². The highest BCUT2D eigenvalue weighted by Gasteiger charge is 2.25. The zero-order chi connectivity index (χ0) is 15.4. The first kappa shape index (κ1) is 15.0. The number of carbonyl (C=O) groups excluding carboxylic acids is 1. The van der Waals surface area contributed by atoms with Crippen LogP contribution in [0.1, 0.15) is 6.92 Å². The number of nitro benzene ring substituents is 1. The molecule has 114 valence electrons. The highest BCUT2D eigenvalue weighted by molar-refractivity contribution is 5.86. The van der Waals surface area contributed by atoms with Gasteiger partial charge in [0.05, 0.1) is 18.1 Å². The van der Waals surface area contributed by atoms with Gasteiger partial charge in [-0.1, -0.05) is 6.07 Å². The Morgan fingerprint density at radius 1 is 1.48 bits per heavy atom. The van der Waals surface area contributed by atoms with Crippen molar-refractivity contribution in [2.45, 2.75) is 13.0 Å². The van der Waals surface area contributed by atoms with Gasteiger partial charge in [-0.25, -0.2) is 0 Å². The monoisotopic (exact) mass is 294 g/mol. The number of benzene rings is 1. The molecule has 1 amide bonds. The van der Waals surface area contributed by atoms with Crippen LogP contribution in [0.4, 0.5) is 17.1 Å². The van der Waals surface area contributed by atoms with Gasteiger partial charge < -0.3 is 20.7 Å². The summed E-state index contributed by atoms with van der Waals surface area (Å²) in [6, 6.07) is 4.02. The number of ether oxygens (including phenoxy) is 1. The number of carbonyl (C=O) groups is 1. The number of nitrogens with zero attached hydrogens (tertiary/aromatic N) is 2. The molecule has 1 unspecified atom stereocenters. The topological polar surface area (TPSA) is 111 Å². The molecule has 1 fully saturated rings. The number of nitrogens with one attached hydrogen (secondary N) is 1. The molecule has 1 heterocycles. The van der Waals surface area contributed by atoms with Crippen LogP contribution in [0.15, 0.2) is 18.2 Å². The molecule has 3 N–H and O–H groups in total. The molecule has 1 atom stereocenters. The summed E-state index contributed by atoms with van der Waals surface area (Å²) in [5.41, 5.74) is 5.72. The molecule has 8 heteroatoms. The number of hydrogen-bond donors (Lipinski definition) is 2. The average Bonchev–Trinajstić information content (AvgIpc) is 2.47. The van der Waals surface area contributed by atoms with E-state index in [0.29, 0.717) is 26.3 Å². The van der Waals surface area contributed by atoms with E-state index in [1.165, 1.54) is 12.1 Å². The van der Waals surface area contributed by atoms with E-state index in [1.807, 2.05) is 0 Å². The fourth-order valence-electron chi connectivity index (χ4n) is 2.23. The minimum atomic E-state index is -0.580. The lowest BCUT2D eigenvalue weighted by atomic mass is 10.2. The van der Waals surface area contributed by atoms with Crippen molar-refractivity contribution in [2.24, 2.45) is 0 Å². The summed E-state index contributed by atoms with van der Waals surface area (Å²) in [5, 5.41) is 13.9. The molecule has 0 aromatic heterocycles. The summed E-state index contributed by atoms with van der Waals surface area (Å²) >= 11 is 0. The van der Waals surface area contributed by atoms with Crippen molar-refractivity contribution in [1.82, 2.24) is 4.90 Å². The normalized spacial score (nSPS) is 16.3. The summed E-state index contributed by atoms with van der Waals surface area (Å²) < 4.78 is 5.19. The van der Waals surface area contributed by atoms with Crippen molar-refractivity contribution in [2.75, 3.05) is 37.4 Å². The third kappa shape index (κ3) is 3.40. The van der Waals surface area contributed by atoms with Crippen molar-refractivity contribution < 1.29 is 14.5 Å². The van der Waals surface area contributed by atoms with Crippen LogP contribution in [0.25, 0.3) is 0 Å². The minimum absolute atomic E-state index is 0.0658. The Kier molecular flexibility index (Phi) is 4.59. The highest BCUT2D eigenvalue weighted by atomic mass is 16.6. The SMILES string of the molecule is CC(Nc1cccc(N)c1[N+](=O)[O-])C(=O)N1CCOCC1. The fraction of sp³-hybridized carbons (Fsp3) is 0.462. The Bertz CT molecular complexity index is 543. The number of amides is 1. The Hall–Kier alpha value is -2.35. The van der Waals surface area contributed by atoms with Crippen LogP contribution in [0.5, 0.6) is 0 Å². The van der Waals surface area contributed by atoms with Gasteiger partial charge in [0, 0.05) is 13.1 Å². The second-order valence-electron chi connectivity index (χ2n) is 4.80. The van der Waals surface area contributed by atoms with Crippen LogP contribution in [0.3, 0.4) is 0 Å². The molecular formula is C13H18N4O4. The number of nitro groups is 1. The average molecular weight is 294 g/mol. The molecule has 0 saturated carbocycles. The van der Waals surface area contributed by atoms with Crippen molar-refractivity contribution in [3.63, 3.8) is 0 Å². The summed E-state index contributed by atoms with van der Waals surface area (Å²) in [4.78, 5) is 24.5. The molecule has 1 aliphatic rings. The minimum Gasteiger partial charge on any atom is -0.393 e. The number of morpholine rings is 1. The van der Waals surface area contributed by atoms with Gasteiger partial charge in [0.1, 0.15) is 17.4 Å². The zero-order valence-corrected chi connectivity index (χ0v) is 11.7. The molecule has 1 saturated heterocycles. The maximum Gasteiger partial charge on any atom is 0.314 e. The van der Waals surface area contributed by atoms with Gasteiger partial charge in [0.2, 0.25) is 5.91 Å². The number of para-hydroxylation sites is 1. The van der Waals surface area contributed by atoms with E-state index in [2.05, 4.69) is 5.32 Å². The standard InChI is InChI=1S/C13H18N4O4/c1-9(13(18)16-5-7-21-8-6-16)15-11-4-2-3-10(14)12(11)17(19)20/h2-4,9,15H,5-8,14H2,1H3. The van der Waals surface area contributed by atoms with E-state index in [1.54, 1.807) is 17.9 Å². The van der Waals surface area contributed by atoms with Gasteiger partial charge in [-0.05, 0) is 19.1 Å². The number of nitrogens with two attached hydrogens (primary N) is 1. The third-order valence-electron chi connectivity index (χ3n) is 3.31. The molecule has 21 heavy (non-hydrogen) atoms. The quantitative estimate of drug-likeness (QED) is 0.483. The van der Waals surface area contributed by atoms with Crippen molar-refractivity contribution in [3.8, 4) is 0 Å². The van der Waals surface area contributed by atoms with E-state index in [-0.39, 0.29) is 23.0 Å². The smallest absolute Gasteiger partial charge is 0.314 e. The largest absolute Gasteiger partial charge is 0.393 e. The molecule has 2 rings (SSSR count). The Morgan fingerprint density at radius 2 is 2.14 bits per heavy atom. The molecule has 8 nitrogen and oxygen atoms in total. The van der Waals surface area contributed by atoms with Crippen LogP contribution in [-0.2, 0) is 9.53 Å². The lowest BCUT2D eigenvalue weighted by Gasteiger charge is -2.29. The predicted octanol–water partition coefficient (Wildman–Crippen LogP) is 0.836. The molecule has 1 aliphatic heterocycles. The molecule has 1 aromatic rings. The Balaban J connectivity index is 2.12. The maximum atomic E-state index is 12.3. The van der Waals surface area contributed by atoms with E-state index >= 15 is 0 Å². The molecule has 0 bridgehead atoms. The second kappa shape index (κ2) is 6.40. The van der Waals surface area contributed by atoms with Gasteiger partial charge in [0.25, 0.3) is 0 Å². The van der Waals surface area contributed by atoms with Gasteiger partial charge in [-0.2, -0.15) is 0 Å². The Labute approximate surface area is 122 Å². The van der Waals surface area contributed by atoms with Gasteiger partial charge in [-0.15, -0.1) is 0 Å². The first-order valence-corrected chi connectivity index (χ1v) is 6.66.